The Morgan fingerprint density at radius 3 is 2.74 bits per heavy atom. The van der Waals surface area contributed by atoms with Gasteiger partial charge in [0.2, 0.25) is 0 Å². The first-order valence-electron chi connectivity index (χ1n) is 5.41. The molecule has 0 bridgehead atoms. The molecule has 0 unspecified atom stereocenters. The number of halogens is 2. The van der Waals surface area contributed by atoms with E-state index >= 15 is 0 Å². The molecule has 0 aromatic heterocycles. The van der Waals surface area contributed by atoms with Gasteiger partial charge in [-0.15, -0.1) is 0 Å². The number of benzene rings is 1. The molecule has 0 heterocycles. The van der Waals surface area contributed by atoms with Gasteiger partial charge in [0.15, 0.2) is 0 Å². The van der Waals surface area contributed by atoms with E-state index in [0.717, 1.165) is 6.07 Å². The third-order valence-corrected chi connectivity index (χ3v) is 2.63. The molecule has 1 amide bonds. The van der Waals surface area contributed by atoms with E-state index in [1.54, 1.807) is 0 Å². The number of nitrogens with one attached hydrogen (secondary N) is 1. The number of methoxy groups -OCH3 is 1. The fourth-order valence-corrected chi connectivity index (χ4v) is 1.78. The molecular weight excluding hydrogens is 277 g/mol. The molecule has 1 rings (SSSR count). The summed E-state index contributed by atoms with van der Waals surface area (Å²) < 4.78 is 18.3. The molecule has 0 saturated carbocycles. The van der Waals surface area contributed by atoms with Crippen LogP contribution in [0.1, 0.15) is 16.8 Å². The molecule has 5 nitrogen and oxygen atoms in total. The minimum atomic E-state index is -1.10. The van der Waals surface area contributed by atoms with Crippen LogP contribution in [0.4, 0.5) is 4.39 Å². The summed E-state index contributed by atoms with van der Waals surface area (Å²) in [5.41, 5.74) is -0.310. The Morgan fingerprint density at radius 1 is 1.53 bits per heavy atom. The zero-order valence-electron chi connectivity index (χ0n) is 10.2. The molecular formula is C12H13ClFNO4. The van der Waals surface area contributed by atoms with Crippen LogP contribution in [-0.4, -0.2) is 36.7 Å². The van der Waals surface area contributed by atoms with E-state index in [0.29, 0.717) is 0 Å². The van der Waals surface area contributed by atoms with Gasteiger partial charge in [-0.1, -0.05) is 17.7 Å². The normalized spacial score (nSPS) is 11.9. The number of carbonyl (C=O) groups excluding carboxylic acids is 1. The number of amides is 1. The Kier molecular flexibility index (Phi) is 5.72. The minimum absolute atomic E-state index is 0.00408. The number of hydrogen-bond donors (Lipinski definition) is 2. The van der Waals surface area contributed by atoms with E-state index in [1.807, 2.05) is 0 Å². The molecule has 0 spiro atoms. The van der Waals surface area contributed by atoms with Crippen LogP contribution in [-0.2, 0) is 9.53 Å². The zero-order chi connectivity index (χ0) is 14.4. The van der Waals surface area contributed by atoms with Gasteiger partial charge in [0, 0.05) is 7.11 Å². The van der Waals surface area contributed by atoms with Crippen molar-refractivity contribution in [3.05, 3.63) is 34.6 Å². The number of carboxylic acids is 1. The van der Waals surface area contributed by atoms with Crippen LogP contribution < -0.4 is 5.32 Å². The summed E-state index contributed by atoms with van der Waals surface area (Å²) in [5, 5.41) is 11.0. The van der Waals surface area contributed by atoms with Gasteiger partial charge in [-0.3, -0.25) is 9.59 Å². The van der Waals surface area contributed by atoms with Gasteiger partial charge in [-0.05, 0) is 12.1 Å². The average molecular weight is 290 g/mol. The molecule has 1 aromatic carbocycles. The molecule has 0 aliphatic heterocycles. The van der Waals surface area contributed by atoms with Crippen molar-refractivity contribution in [3.8, 4) is 0 Å². The second-order valence-electron chi connectivity index (χ2n) is 3.82. The zero-order valence-corrected chi connectivity index (χ0v) is 10.9. The van der Waals surface area contributed by atoms with Crippen molar-refractivity contribution in [2.75, 3.05) is 13.7 Å². The van der Waals surface area contributed by atoms with Crippen LogP contribution in [0, 0.1) is 5.82 Å². The highest BCUT2D eigenvalue weighted by Crippen LogP contribution is 2.18. The smallest absolute Gasteiger partial charge is 0.305 e. The van der Waals surface area contributed by atoms with E-state index in [4.69, 9.17) is 21.4 Å². The predicted octanol–water partition coefficient (Wildman–Crippen LogP) is 1.70. The molecule has 19 heavy (non-hydrogen) atoms. The van der Waals surface area contributed by atoms with Crippen LogP contribution >= 0.6 is 11.6 Å². The first-order chi connectivity index (χ1) is 8.95. The summed E-state index contributed by atoms with van der Waals surface area (Å²) in [7, 11) is 1.37. The van der Waals surface area contributed by atoms with Crippen molar-refractivity contribution in [2.45, 2.75) is 12.5 Å². The van der Waals surface area contributed by atoms with E-state index in [-0.39, 0.29) is 23.6 Å². The molecule has 104 valence electrons. The highest BCUT2D eigenvalue weighted by molar-refractivity contribution is 6.33. The lowest BCUT2D eigenvalue weighted by Crippen LogP contribution is -2.40. The van der Waals surface area contributed by atoms with Crippen molar-refractivity contribution in [2.24, 2.45) is 0 Å². The molecule has 0 aliphatic carbocycles. The topological polar surface area (TPSA) is 75.6 Å². The van der Waals surface area contributed by atoms with E-state index in [1.165, 1.54) is 19.2 Å². The van der Waals surface area contributed by atoms with Crippen LogP contribution in [0.5, 0.6) is 0 Å². The highest BCUT2D eigenvalue weighted by atomic mass is 35.5. The summed E-state index contributed by atoms with van der Waals surface area (Å²) in [6.45, 7) is 0.00408. The highest BCUT2D eigenvalue weighted by Gasteiger charge is 2.21. The van der Waals surface area contributed by atoms with Gasteiger partial charge in [0.1, 0.15) is 5.82 Å². The monoisotopic (exact) mass is 289 g/mol. The predicted molar refractivity (Wildman–Crippen MR) is 66.8 cm³/mol. The Bertz CT molecular complexity index is 461. The fraction of sp³-hybridized carbons (Fsp3) is 0.333. The van der Waals surface area contributed by atoms with Crippen LogP contribution in [0.15, 0.2) is 18.2 Å². The first kappa shape index (κ1) is 15.4. The van der Waals surface area contributed by atoms with Crippen LogP contribution in [0.25, 0.3) is 0 Å². The number of carboxylic acid groups (broad SMARTS) is 1. The Balaban J connectivity index is 2.84. The van der Waals surface area contributed by atoms with Crippen molar-refractivity contribution in [1.82, 2.24) is 5.32 Å². The Hall–Kier alpha value is -1.66. The van der Waals surface area contributed by atoms with Crippen LogP contribution in [0.3, 0.4) is 0 Å². The number of ether oxygens (including phenoxy) is 1. The molecule has 0 saturated heterocycles. The maximum atomic E-state index is 13.5. The molecule has 1 aromatic rings. The summed E-state index contributed by atoms with van der Waals surface area (Å²) in [5.74, 6) is -2.63. The van der Waals surface area contributed by atoms with Gasteiger partial charge in [0.05, 0.1) is 29.7 Å². The lowest BCUT2D eigenvalue weighted by Gasteiger charge is -2.16. The molecule has 1 atom stereocenters. The third kappa shape index (κ3) is 4.50. The standard InChI is InChI=1S/C12H13ClFNO4/c1-19-6-7(5-10(16)17)15-12(18)11-8(13)3-2-4-9(11)14/h2-4,7H,5-6H2,1H3,(H,15,18)(H,16,17)/t7-/m1/s1. The van der Waals surface area contributed by atoms with Crippen molar-refractivity contribution in [1.29, 1.82) is 0 Å². The minimum Gasteiger partial charge on any atom is -0.481 e. The third-order valence-electron chi connectivity index (χ3n) is 2.31. The number of carbonyl (C=O) groups is 2. The second-order valence-corrected chi connectivity index (χ2v) is 4.23. The van der Waals surface area contributed by atoms with E-state index in [2.05, 4.69) is 5.32 Å². The summed E-state index contributed by atoms with van der Waals surface area (Å²) in [6.07, 6.45) is -0.328. The SMILES string of the molecule is COC[C@@H](CC(=O)O)NC(=O)c1c(F)cccc1Cl. The van der Waals surface area contributed by atoms with E-state index < -0.39 is 23.7 Å². The van der Waals surface area contributed by atoms with Gasteiger partial charge in [-0.25, -0.2) is 4.39 Å². The summed E-state index contributed by atoms with van der Waals surface area (Å²) >= 11 is 5.74. The molecule has 0 aliphatic rings. The number of hydrogen-bond acceptors (Lipinski definition) is 3. The van der Waals surface area contributed by atoms with Gasteiger partial charge >= 0.3 is 5.97 Å². The summed E-state index contributed by atoms with van der Waals surface area (Å²) in [4.78, 5) is 22.5. The molecule has 2 N–H and O–H groups in total. The lowest BCUT2D eigenvalue weighted by molar-refractivity contribution is -0.137. The van der Waals surface area contributed by atoms with Gasteiger partial charge in [0.25, 0.3) is 5.91 Å². The van der Waals surface area contributed by atoms with Crippen LogP contribution in [0.2, 0.25) is 5.02 Å². The largest absolute Gasteiger partial charge is 0.481 e. The second kappa shape index (κ2) is 7.06. The van der Waals surface area contributed by atoms with Crippen molar-refractivity contribution < 1.29 is 23.8 Å². The lowest BCUT2D eigenvalue weighted by atomic mass is 10.1. The summed E-state index contributed by atoms with van der Waals surface area (Å²) in [6, 6.07) is 3.09. The Morgan fingerprint density at radius 2 is 2.21 bits per heavy atom. The van der Waals surface area contributed by atoms with Gasteiger partial charge in [-0.2, -0.15) is 0 Å². The first-order valence-corrected chi connectivity index (χ1v) is 5.79. The molecule has 7 heteroatoms. The average Bonchev–Trinajstić information content (AvgIpc) is 2.27. The number of aliphatic carboxylic acids is 1. The maximum absolute atomic E-state index is 13.5. The number of rotatable bonds is 6. The molecule has 0 fully saturated rings. The molecule has 0 radical (unpaired) electrons. The van der Waals surface area contributed by atoms with Crippen molar-refractivity contribution >= 4 is 23.5 Å². The fourth-order valence-electron chi connectivity index (χ4n) is 1.54. The van der Waals surface area contributed by atoms with Crippen molar-refractivity contribution in [3.63, 3.8) is 0 Å². The van der Waals surface area contributed by atoms with E-state index in [9.17, 15) is 14.0 Å². The van der Waals surface area contributed by atoms with Gasteiger partial charge < -0.3 is 15.2 Å². The quantitative estimate of drug-likeness (QED) is 0.836. The Labute approximate surface area is 114 Å². The maximum Gasteiger partial charge on any atom is 0.305 e.